The lowest BCUT2D eigenvalue weighted by Gasteiger charge is -2.23. The van der Waals surface area contributed by atoms with Gasteiger partial charge in [-0.25, -0.2) is 8.78 Å². The molecule has 3 rings (SSSR count). The van der Waals surface area contributed by atoms with Gasteiger partial charge in [0.1, 0.15) is 6.04 Å². The summed E-state index contributed by atoms with van der Waals surface area (Å²) in [5.74, 6) is -5.02. The van der Waals surface area contributed by atoms with E-state index in [2.05, 4.69) is 15.6 Å². The Bertz CT molecular complexity index is 914. The molecule has 0 aliphatic carbocycles. The maximum absolute atomic E-state index is 13.8. The zero-order valence-corrected chi connectivity index (χ0v) is 15.2. The standard InChI is InChI=1S/C19H20F2N4O3/c1-2-22-18(28)15-9-19(20,21)11-25(15)16(26)10-24-17(27)13-7-8-23-14-6-4-3-5-12(13)14/h3-8,15H,2,9-11H2,1H3,(H,22,28)(H,24,27). The summed E-state index contributed by atoms with van der Waals surface area (Å²) < 4.78 is 27.6. The van der Waals surface area contributed by atoms with Crippen molar-refractivity contribution in [2.75, 3.05) is 19.6 Å². The first-order chi connectivity index (χ1) is 13.3. The third kappa shape index (κ3) is 4.08. The van der Waals surface area contributed by atoms with Crippen LogP contribution in [0.2, 0.25) is 0 Å². The van der Waals surface area contributed by atoms with Crippen molar-refractivity contribution in [3.05, 3.63) is 42.1 Å². The molecule has 148 valence electrons. The monoisotopic (exact) mass is 390 g/mol. The number of fused-ring (bicyclic) bond motifs is 1. The molecular weight excluding hydrogens is 370 g/mol. The molecule has 0 radical (unpaired) electrons. The molecule has 1 atom stereocenters. The molecule has 1 unspecified atom stereocenters. The number of benzene rings is 1. The summed E-state index contributed by atoms with van der Waals surface area (Å²) in [5, 5.41) is 5.53. The fourth-order valence-corrected chi connectivity index (χ4v) is 3.25. The lowest BCUT2D eigenvalue weighted by atomic mass is 10.1. The number of nitrogens with one attached hydrogen (secondary N) is 2. The Kier molecular flexibility index (Phi) is 5.53. The molecule has 2 N–H and O–H groups in total. The van der Waals surface area contributed by atoms with Gasteiger partial charge >= 0.3 is 0 Å². The average molecular weight is 390 g/mol. The second kappa shape index (κ2) is 7.87. The highest BCUT2D eigenvalue weighted by atomic mass is 19.3. The van der Waals surface area contributed by atoms with Crippen LogP contribution in [0.1, 0.15) is 23.7 Å². The fourth-order valence-electron chi connectivity index (χ4n) is 3.25. The van der Waals surface area contributed by atoms with Gasteiger partial charge in [0.15, 0.2) is 0 Å². The molecule has 1 aromatic heterocycles. The summed E-state index contributed by atoms with van der Waals surface area (Å²) >= 11 is 0. The lowest BCUT2D eigenvalue weighted by molar-refractivity contribution is -0.137. The van der Waals surface area contributed by atoms with Crippen LogP contribution in [0.15, 0.2) is 36.5 Å². The predicted molar refractivity (Wildman–Crippen MR) is 97.8 cm³/mol. The quantitative estimate of drug-likeness (QED) is 0.806. The van der Waals surface area contributed by atoms with E-state index >= 15 is 0 Å². The van der Waals surface area contributed by atoms with Crippen LogP contribution < -0.4 is 10.6 Å². The van der Waals surface area contributed by atoms with E-state index in [9.17, 15) is 23.2 Å². The second-order valence-corrected chi connectivity index (χ2v) is 6.55. The first-order valence-electron chi connectivity index (χ1n) is 8.89. The summed E-state index contributed by atoms with van der Waals surface area (Å²) in [7, 11) is 0. The van der Waals surface area contributed by atoms with Crippen LogP contribution in [0.25, 0.3) is 10.9 Å². The number of carbonyl (C=O) groups is 3. The summed E-state index contributed by atoms with van der Waals surface area (Å²) in [6, 6.07) is 7.29. The number of para-hydroxylation sites is 1. The Labute approximate surface area is 160 Å². The van der Waals surface area contributed by atoms with Crippen LogP contribution in [-0.2, 0) is 9.59 Å². The number of pyridine rings is 1. The van der Waals surface area contributed by atoms with Crippen LogP contribution in [0.5, 0.6) is 0 Å². The smallest absolute Gasteiger partial charge is 0.267 e. The maximum atomic E-state index is 13.8. The molecule has 0 saturated carbocycles. The Hall–Kier alpha value is -3.10. The maximum Gasteiger partial charge on any atom is 0.267 e. The van der Waals surface area contributed by atoms with Crippen molar-refractivity contribution in [2.24, 2.45) is 0 Å². The van der Waals surface area contributed by atoms with E-state index in [1.807, 2.05) is 0 Å². The van der Waals surface area contributed by atoms with Gasteiger partial charge in [0.2, 0.25) is 11.8 Å². The molecule has 3 amide bonds. The average Bonchev–Trinajstić information content (AvgIpc) is 3.01. The molecule has 1 saturated heterocycles. The van der Waals surface area contributed by atoms with Crippen molar-refractivity contribution in [2.45, 2.75) is 25.3 Å². The van der Waals surface area contributed by atoms with Gasteiger partial charge in [-0.2, -0.15) is 0 Å². The van der Waals surface area contributed by atoms with Crippen molar-refractivity contribution in [1.29, 1.82) is 0 Å². The first kappa shape index (κ1) is 19.7. The number of rotatable bonds is 5. The zero-order chi connectivity index (χ0) is 20.3. The Morgan fingerprint density at radius 3 is 2.71 bits per heavy atom. The minimum absolute atomic E-state index is 0.273. The number of carbonyl (C=O) groups excluding carboxylic acids is 3. The summed E-state index contributed by atoms with van der Waals surface area (Å²) in [6.45, 7) is 0.606. The topological polar surface area (TPSA) is 91.4 Å². The molecule has 1 aliphatic rings. The van der Waals surface area contributed by atoms with E-state index in [0.717, 1.165) is 4.90 Å². The number of halogens is 2. The van der Waals surface area contributed by atoms with Crippen LogP contribution >= 0.6 is 0 Å². The molecule has 2 heterocycles. The highest BCUT2D eigenvalue weighted by Gasteiger charge is 2.49. The number of hydrogen-bond donors (Lipinski definition) is 2. The number of amides is 3. The number of likely N-dealkylation sites (tertiary alicyclic amines) is 1. The van der Waals surface area contributed by atoms with E-state index in [1.165, 1.54) is 12.3 Å². The van der Waals surface area contributed by atoms with Gasteiger partial charge in [-0.1, -0.05) is 18.2 Å². The normalized spacial score (nSPS) is 18.1. The molecule has 9 heteroatoms. The van der Waals surface area contributed by atoms with Crippen molar-refractivity contribution in [1.82, 2.24) is 20.5 Å². The first-order valence-corrected chi connectivity index (χ1v) is 8.89. The molecule has 2 aromatic rings. The van der Waals surface area contributed by atoms with Crippen molar-refractivity contribution >= 4 is 28.6 Å². The highest BCUT2D eigenvalue weighted by Crippen LogP contribution is 2.32. The molecule has 28 heavy (non-hydrogen) atoms. The van der Waals surface area contributed by atoms with E-state index in [1.54, 1.807) is 31.2 Å². The van der Waals surface area contributed by atoms with Crippen LogP contribution in [0, 0.1) is 0 Å². The Morgan fingerprint density at radius 1 is 1.21 bits per heavy atom. The van der Waals surface area contributed by atoms with Crippen LogP contribution in [0.3, 0.4) is 0 Å². The third-order valence-corrected chi connectivity index (χ3v) is 4.54. The molecule has 1 aromatic carbocycles. The SMILES string of the molecule is CCNC(=O)C1CC(F)(F)CN1C(=O)CNC(=O)c1ccnc2ccccc12. The number of alkyl halides is 2. The van der Waals surface area contributed by atoms with Gasteiger partial charge in [0, 0.05) is 24.5 Å². The third-order valence-electron chi connectivity index (χ3n) is 4.54. The van der Waals surface area contributed by atoms with E-state index in [0.29, 0.717) is 16.5 Å². The van der Waals surface area contributed by atoms with Gasteiger partial charge in [-0.05, 0) is 19.1 Å². The van der Waals surface area contributed by atoms with Crippen molar-refractivity contribution in [3.63, 3.8) is 0 Å². The van der Waals surface area contributed by atoms with Gasteiger partial charge in [0.05, 0.1) is 24.2 Å². The van der Waals surface area contributed by atoms with Gasteiger partial charge in [-0.3, -0.25) is 19.4 Å². The largest absolute Gasteiger partial charge is 0.355 e. The summed E-state index contributed by atoms with van der Waals surface area (Å²) in [6.07, 6.45) is 0.749. The lowest BCUT2D eigenvalue weighted by Crippen LogP contribution is -2.49. The number of hydrogen-bond acceptors (Lipinski definition) is 4. The minimum Gasteiger partial charge on any atom is -0.355 e. The van der Waals surface area contributed by atoms with Crippen molar-refractivity contribution < 1.29 is 23.2 Å². The zero-order valence-electron chi connectivity index (χ0n) is 15.2. The summed E-state index contributed by atoms with van der Waals surface area (Å²) in [5.41, 5.74) is 0.947. The number of likely N-dealkylation sites (N-methyl/N-ethyl adjacent to an activating group) is 1. The van der Waals surface area contributed by atoms with Gasteiger partial charge < -0.3 is 15.5 Å². The van der Waals surface area contributed by atoms with E-state index < -0.39 is 49.2 Å². The number of nitrogens with zero attached hydrogens (tertiary/aromatic N) is 2. The van der Waals surface area contributed by atoms with E-state index in [-0.39, 0.29) is 6.54 Å². The van der Waals surface area contributed by atoms with Gasteiger partial charge in [0.25, 0.3) is 11.8 Å². The molecule has 1 aliphatic heterocycles. The Morgan fingerprint density at radius 2 is 1.96 bits per heavy atom. The molecular formula is C19H20F2N4O3. The van der Waals surface area contributed by atoms with Crippen molar-refractivity contribution in [3.8, 4) is 0 Å². The molecule has 7 nitrogen and oxygen atoms in total. The predicted octanol–water partition coefficient (Wildman–Crippen LogP) is 1.34. The van der Waals surface area contributed by atoms with Gasteiger partial charge in [-0.15, -0.1) is 0 Å². The molecule has 1 fully saturated rings. The Balaban J connectivity index is 1.70. The minimum atomic E-state index is -3.14. The second-order valence-electron chi connectivity index (χ2n) is 6.55. The fraction of sp³-hybridized carbons (Fsp3) is 0.368. The van der Waals surface area contributed by atoms with E-state index in [4.69, 9.17) is 0 Å². The molecule has 0 spiro atoms. The summed E-state index contributed by atoms with van der Waals surface area (Å²) in [4.78, 5) is 41.9. The van der Waals surface area contributed by atoms with Crippen LogP contribution in [0.4, 0.5) is 8.78 Å². The molecule has 0 bridgehead atoms. The van der Waals surface area contributed by atoms with Crippen LogP contribution in [-0.4, -0.2) is 59.2 Å². The number of aromatic nitrogens is 1. The highest BCUT2D eigenvalue weighted by molar-refractivity contribution is 6.06.